The summed E-state index contributed by atoms with van der Waals surface area (Å²) in [6, 6.07) is 6.76. The van der Waals surface area contributed by atoms with E-state index >= 15 is 0 Å². The second-order valence-electron chi connectivity index (χ2n) is 3.67. The van der Waals surface area contributed by atoms with Crippen LogP contribution in [0.1, 0.15) is 0 Å². The first kappa shape index (κ1) is 14.1. The van der Waals surface area contributed by atoms with Gasteiger partial charge in [-0.1, -0.05) is 11.6 Å². The zero-order valence-corrected chi connectivity index (χ0v) is 10.8. The summed E-state index contributed by atoms with van der Waals surface area (Å²) < 4.78 is 23.4. The van der Waals surface area contributed by atoms with Crippen LogP contribution in [-0.2, 0) is 4.79 Å². The van der Waals surface area contributed by atoms with Crippen molar-refractivity contribution in [1.29, 1.82) is 0 Å². The first-order chi connectivity index (χ1) is 9.56. The van der Waals surface area contributed by atoms with Crippen molar-refractivity contribution < 1.29 is 23.8 Å². The Labute approximate surface area is 118 Å². The number of ether oxygens (including phenoxy) is 2. The van der Waals surface area contributed by atoms with Gasteiger partial charge in [0, 0.05) is 6.20 Å². The molecule has 0 atom stereocenters. The minimum absolute atomic E-state index is 0.00953. The van der Waals surface area contributed by atoms with Crippen LogP contribution >= 0.6 is 11.6 Å². The molecule has 2 aromatic rings. The van der Waals surface area contributed by atoms with Crippen LogP contribution in [0.3, 0.4) is 0 Å². The van der Waals surface area contributed by atoms with Crippen molar-refractivity contribution in [3.05, 3.63) is 47.4 Å². The number of hydrogen-bond acceptors (Lipinski definition) is 4. The van der Waals surface area contributed by atoms with Gasteiger partial charge >= 0.3 is 5.97 Å². The maximum Gasteiger partial charge on any atom is 0.341 e. The average Bonchev–Trinajstić information content (AvgIpc) is 2.41. The monoisotopic (exact) mass is 297 g/mol. The van der Waals surface area contributed by atoms with Crippen molar-refractivity contribution in [2.75, 3.05) is 6.61 Å². The molecule has 0 saturated heterocycles. The molecule has 0 spiro atoms. The standard InChI is InChI=1S/C13H9ClFNO4/c14-9-6-8(15)3-4-10(9)20-11-2-1-5-16-13(11)19-7-12(17)18/h1-6H,7H2,(H,17,18). The highest BCUT2D eigenvalue weighted by molar-refractivity contribution is 6.32. The number of carboxylic acids is 1. The number of carbonyl (C=O) groups is 1. The second-order valence-corrected chi connectivity index (χ2v) is 4.07. The smallest absolute Gasteiger partial charge is 0.341 e. The number of halogens is 2. The lowest BCUT2D eigenvalue weighted by molar-refractivity contribution is -0.139. The third-order valence-electron chi connectivity index (χ3n) is 2.18. The number of carboxylic acid groups (broad SMARTS) is 1. The lowest BCUT2D eigenvalue weighted by atomic mass is 10.3. The molecule has 1 aromatic carbocycles. The summed E-state index contributed by atoms with van der Waals surface area (Å²) in [5.74, 6) is -1.23. The van der Waals surface area contributed by atoms with Gasteiger partial charge in [0.2, 0.25) is 0 Å². The van der Waals surface area contributed by atoms with Gasteiger partial charge in [0.05, 0.1) is 5.02 Å². The molecule has 0 bridgehead atoms. The largest absolute Gasteiger partial charge is 0.479 e. The molecule has 1 heterocycles. The topological polar surface area (TPSA) is 68.7 Å². The van der Waals surface area contributed by atoms with Crippen LogP contribution in [0.5, 0.6) is 17.4 Å². The van der Waals surface area contributed by atoms with Crippen LogP contribution in [0.4, 0.5) is 4.39 Å². The predicted molar refractivity (Wildman–Crippen MR) is 68.9 cm³/mol. The van der Waals surface area contributed by atoms with E-state index in [1.54, 1.807) is 6.07 Å². The molecule has 0 aliphatic rings. The first-order valence-corrected chi connectivity index (χ1v) is 5.86. The van der Waals surface area contributed by atoms with E-state index in [0.29, 0.717) is 0 Å². The second kappa shape index (κ2) is 6.21. The fourth-order valence-corrected chi connectivity index (χ4v) is 1.57. The Hall–Kier alpha value is -2.34. The van der Waals surface area contributed by atoms with E-state index in [4.69, 9.17) is 26.2 Å². The molecule has 2 rings (SSSR count). The van der Waals surface area contributed by atoms with E-state index < -0.39 is 18.4 Å². The van der Waals surface area contributed by atoms with Gasteiger partial charge in [-0.15, -0.1) is 0 Å². The summed E-state index contributed by atoms with van der Waals surface area (Å²) in [6.07, 6.45) is 1.43. The summed E-state index contributed by atoms with van der Waals surface area (Å²) in [5.41, 5.74) is 0. The van der Waals surface area contributed by atoms with Crippen molar-refractivity contribution in [2.24, 2.45) is 0 Å². The molecule has 0 aliphatic heterocycles. The third kappa shape index (κ3) is 3.58. The maximum absolute atomic E-state index is 12.9. The van der Waals surface area contributed by atoms with E-state index in [2.05, 4.69) is 4.98 Å². The number of nitrogens with zero attached hydrogens (tertiary/aromatic N) is 1. The van der Waals surface area contributed by atoms with Gasteiger partial charge in [0.15, 0.2) is 12.4 Å². The van der Waals surface area contributed by atoms with E-state index in [1.807, 2.05) is 0 Å². The van der Waals surface area contributed by atoms with E-state index in [1.165, 1.54) is 24.4 Å². The Bertz CT molecular complexity index is 636. The average molecular weight is 298 g/mol. The Morgan fingerprint density at radius 1 is 1.35 bits per heavy atom. The van der Waals surface area contributed by atoms with Gasteiger partial charge in [-0.2, -0.15) is 0 Å². The molecule has 1 aromatic heterocycles. The fourth-order valence-electron chi connectivity index (χ4n) is 1.37. The van der Waals surface area contributed by atoms with Gasteiger partial charge in [-0.25, -0.2) is 14.2 Å². The minimum Gasteiger partial charge on any atom is -0.479 e. The molecule has 5 nitrogen and oxygen atoms in total. The molecule has 104 valence electrons. The van der Waals surface area contributed by atoms with E-state index in [0.717, 1.165) is 6.07 Å². The number of benzene rings is 1. The first-order valence-electron chi connectivity index (χ1n) is 5.49. The number of pyridine rings is 1. The Morgan fingerprint density at radius 3 is 2.85 bits per heavy atom. The molecule has 0 unspecified atom stereocenters. The predicted octanol–water partition coefficient (Wildman–Crippen LogP) is 3.13. The zero-order valence-electron chi connectivity index (χ0n) is 10.0. The van der Waals surface area contributed by atoms with Crippen LogP contribution in [0, 0.1) is 5.82 Å². The van der Waals surface area contributed by atoms with Crippen molar-refractivity contribution >= 4 is 17.6 Å². The highest BCUT2D eigenvalue weighted by Gasteiger charge is 2.11. The lowest BCUT2D eigenvalue weighted by Gasteiger charge is -2.11. The van der Waals surface area contributed by atoms with Crippen molar-refractivity contribution in [1.82, 2.24) is 4.98 Å². The van der Waals surface area contributed by atoms with Crippen LogP contribution in [0.2, 0.25) is 5.02 Å². The van der Waals surface area contributed by atoms with Gasteiger partial charge in [-0.3, -0.25) is 0 Å². The molecule has 1 N–H and O–H groups in total. The summed E-state index contributed by atoms with van der Waals surface area (Å²) in [7, 11) is 0. The van der Waals surface area contributed by atoms with Gasteiger partial charge in [-0.05, 0) is 30.3 Å². The van der Waals surface area contributed by atoms with Crippen molar-refractivity contribution in [2.45, 2.75) is 0 Å². The zero-order chi connectivity index (χ0) is 14.5. The third-order valence-corrected chi connectivity index (χ3v) is 2.48. The fraction of sp³-hybridized carbons (Fsp3) is 0.0769. The van der Waals surface area contributed by atoms with Crippen molar-refractivity contribution in [3.63, 3.8) is 0 Å². The molecular formula is C13H9ClFNO4. The molecule has 0 saturated carbocycles. The van der Waals surface area contributed by atoms with Crippen LogP contribution < -0.4 is 9.47 Å². The highest BCUT2D eigenvalue weighted by atomic mass is 35.5. The van der Waals surface area contributed by atoms with Crippen LogP contribution in [0.15, 0.2) is 36.5 Å². The number of aromatic nitrogens is 1. The quantitative estimate of drug-likeness (QED) is 0.918. The van der Waals surface area contributed by atoms with E-state index in [-0.39, 0.29) is 22.4 Å². The molecular weight excluding hydrogens is 289 g/mol. The summed E-state index contributed by atoms with van der Waals surface area (Å²) in [4.78, 5) is 14.3. The number of aliphatic carboxylic acids is 1. The molecule has 0 radical (unpaired) electrons. The Balaban J connectivity index is 2.22. The molecule has 0 aliphatic carbocycles. The normalized spacial score (nSPS) is 10.1. The highest BCUT2D eigenvalue weighted by Crippen LogP contribution is 2.33. The van der Waals surface area contributed by atoms with Gasteiger partial charge < -0.3 is 14.6 Å². The van der Waals surface area contributed by atoms with Crippen LogP contribution in [-0.4, -0.2) is 22.7 Å². The molecule has 0 fully saturated rings. The van der Waals surface area contributed by atoms with Gasteiger partial charge in [0.25, 0.3) is 5.88 Å². The SMILES string of the molecule is O=C(O)COc1ncccc1Oc1ccc(F)cc1Cl. The Morgan fingerprint density at radius 2 is 2.15 bits per heavy atom. The minimum atomic E-state index is -1.14. The number of hydrogen-bond donors (Lipinski definition) is 1. The van der Waals surface area contributed by atoms with Crippen molar-refractivity contribution in [3.8, 4) is 17.4 Å². The Kier molecular flexibility index (Phi) is 4.37. The summed E-state index contributed by atoms with van der Waals surface area (Å²) in [5, 5.41) is 8.66. The molecule has 7 heteroatoms. The lowest BCUT2D eigenvalue weighted by Crippen LogP contribution is -2.10. The summed E-state index contributed by atoms with van der Waals surface area (Å²) >= 11 is 5.84. The molecule has 20 heavy (non-hydrogen) atoms. The van der Waals surface area contributed by atoms with Crippen LogP contribution in [0.25, 0.3) is 0 Å². The van der Waals surface area contributed by atoms with Gasteiger partial charge in [0.1, 0.15) is 11.6 Å². The molecule has 0 amide bonds. The number of rotatable bonds is 5. The maximum atomic E-state index is 12.9. The summed E-state index contributed by atoms with van der Waals surface area (Å²) in [6.45, 7) is -0.551. The van der Waals surface area contributed by atoms with E-state index in [9.17, 15) is 9.18 Å².